The smallest absolute Gasteiger partial charge is 0.103 e. The molecule has 3 rings (SSSR count). The van der Waals surface area contributed by atoms with E-state index in [1.807, 2.05) is 30.1 Å². The van der Waals surface area contributed by atoms with Gasteiger partial charge in [-0.2, -0.15) is 5.10 Å². The van der Waals surface area contributed by atoms with Crippen LogP contribution >= 0.6 is 0 Å². The molecule has 3 atom stereocenters. The second kappa shape index (κ2) is 7.11. The molecular weight excluding hydrogens is 278 g/mol. The quantitative estimate of drug-likeness (QED) is 0.891. The van der Waals surface area contributed by atoms with E-state index in [0.29, 0.717) is 12.1 Å². The SMILES string of the molecule is C[C@H](CCc1ccco1)N[C@H]1CCCO[C@@H]1c1cnn(C)c1. The molecule has 5 heteroatoms. The average Bonchev–Trinajstić information content (AvgIpc) is 3.17. The Morgan fingerprint density at radius 2 is 2.41 bits per heavy atom. The van der Waals surface area contributed by atoms with Crippen LogP contribution in [0.1, 0.15) is 43.6 Å². The summed E-state index contributed by atoms with van der Waals surface area (Å²) in [6, 6.07) is 4.76. The monoisotopic (exact) mass is 303 g/mol. The number of hydrogen-bond donors (Lipinski definition) is 1. The van der Waals surface area contributed by atoms with Crippen molar-refractivity contribution in [1.82, 2.24) is 15.1 Å². The number of hydrogen-bond acceptors (Lipinski definition) is 4. The van der Waals surface area contributed by atoms with Crippen LogP contribution in [0.3, 0.4) is 0 Å². The molecule has 120 valence electrons. The Balaban J connectivity index is 1.56. The number of aryl methyl sites for hydroxylation is 2. The van der Waals surface area contributed by atoms with E-state index in [1.54, 1.807) is 6.26 Å². The predicted molar refractivity (Wildman–Crippen MR) is 84.5 cm³/mol. The van der Waals surface area contributed by atoms with Gasteiger partial charge < -0.3 is 14.5 Å². The Labute approximate surface area is 131 Å². The molecule has 3 heterocycles. The molecule has 2 aromatic heterocycles. The van der Waals surface area contributed by atoms with Crippen molar-refractivity contribution in [2.24, 2.45) is 7.05 Å². The average molecular weight is 303 g/mol. The van der Waals surface area contributed by atoms with Crippen molar-refractivity contribution in [2.75, 3.05) is 6.61 Å². The van der Waals surface area contributed by atoms with Crippen LogP contribution in [0.25, 0.3) is 0 Å². The lowest BCUT2D eigenvalue weighted by atomic mass is 9.96. The van der Waals surface area contributed by atoms with Crippen molar-refractivity contribution in [3.8, 4) is 0 Å². The number of nitrogens with zero attached hydrogens (tertiary/aromatic N) is 2. The lowest BCUT2D eigenvalue weighted by Gasteiger charge is -2.34. The third-order valence-corrected chi connectivity index (χ3v) is 4.28. The van der Waals surface area contributed by atoms with E-state index in [2.05, 4.69) is 23.5 Å². The Hall–Kier alpha value is -1.59. The number of ether oxygens (including phenoxy) is 1. The summed E-state index contributed by atoms with van der Waals surface area (Å²) in [6.07, 6.45) is 10.1. The summed E-state index contributed by atoms with van der Waals surface area (Å²) >= 11 is 0. The van der Waals surface area contributed by atoms with Gasteiger partial charge in [-0.1, -0.05) is 0 Å². The molecule has 0 spiro atoms. The van der Waals surface area contributed by atoms with Gasteiger partial charge in [0.1, 0.15) is 11.9 Å². The zero-order valence-corrected chi connectivity index (χ0v) is 13.4. The summed E-state index contributed by atoms with van der Waals surface area (Å²) in [4.78, 5) is 0. The second-order valence-electron chi connectivity index (χ2n) is 6.17. The number of furan rings is 1. The fourth-order valence-corrected chi connectivity index (χ4v) is 3.13. The normalized spacial score (nSPS) is 23.5. The standard InChI is InChI=1S/C17H25N3O2/c1-13(7-8-15-5-3-9-21-15)19-16-6-4-10-22-17(16)14-11-18-20(2)12-14/h3,5,9,11-13,16-17,19H,4,6-8,10H2,1-2H3/t13-,16+,17-/m1/s1. The van der Waals surface area contributed by atoms with Gasteiger partial charge in [0.2, 0.25) is 0 Å². The van der Waals surface area contributed by atoms with E-state index in [1.165, 1.54) is 0 Å². The van der Waals surface area contributed by atoms with Gasteiger partial charge in [-0.15, -0.1) is 0 Å². The topological polar surface area (TPSA) is 52.2 Å². The van der Waals surface area contributed by atoms with Gasteiger partial charge in [0.15, 0.2) is 0 Å². The molecule has 0 unspecified atom stereocenters. The van der Waals surface area contributed by atoms with Crippen molar-refractivity contribution in [2.45, 2.75) is 50.8 Å². The minimum Gasteiger partial charge on any atom is -0.469 e. The molecule has 1 aliphatic rings. The fourth-order valence-electron chi connectivity index (χ4n) is 3.13. The van der Waals surface area contributed by atoms with Gasteiger partial charge >= 0.3 is 0 Å². The first-order valence-electron chi connectivity index (χ1n) is 8.11. The highest BCUT2D eigenvalue weighted by Gasteiger charge is 2.29. The second-order valence-corrected chi connectivity index (χ2v) is 6.17. The van der Waals surface area contributed by atoms with Crippen LogP contribution in [0, 0.1) is 0 Å². The predicted octanol–water partition coefficient (Wildman–Crippen LogP) is 2.84. The summed E-state index contributed by atoms with van der Waals surface area (Å²) in [6.45, 7) is 3.07. The maximum atomic E-state index is 6.01. The zero-order chi connectivity index (χ0) is 15.4. The largest absolute Gasteiger partial charge is 0.469 e. The highest BCUT2D eigenvalue weighted by Crippen LogP contribution is 2.28. The molecule has 0 amide bonds. The third-order valence-electron chi connectivity index (χ3n) is 4.28. The van der Waals surface area contributed by atoms with Crippen LogP contribution < -0.4 is 5.32 Å². The summed E-state index contributed by atoms with van der Waals surface area (Å²) in [5.74, 6) is 1.05. The molecule has 0 radical (unpaired) electrons. The molecule has 0 saturated carbocycles. The molecule has 5 nitrogen and oxygen atoms in total. The first-order chi connectivity index (χ1) is 10.7. The van der Waals surface area contributed by atoms with E-state index < -0.39 is 0 Å². The summed E-state index contributed by atoms with van der Waals surface area (Å²) in [5.41, 5.74) is 1.16. The van der Waals surface area contributed by atoms with Gasteiger partial charge in [-0.05, 0) is 38.3 Å². The fraction of sp³-hybridized carbons (Fsp3) is 0.588. The van der Waals surface area contributed by atoms with E-state index in [9.17, 15) is 0 Å². The van der Waals surface area contributed by atoms with Crippen LogP contribution in [0.2, 0.25) is 0 Å². The van der Waals surface area contributed by atoms with Gasteiger partial charge in [-0.3, -0.25) is 4.68 Å². The molecule has 1 N–H and O–H groups in total. The van der Waals surface area contributed by atoms with Crippen LogP contribution in [0.15, 0.2) is 35.2 Å². The molecule has 0 bridgehead atoms. The van der Waals surface area contributed by atoms with E-state index in [-0.39, 0.29) is 6.10 Å². The lowest BCUT2D eigenvalue weighted by molar-refractivity contribution is -0.0136. The van der Waals surface area contributed by atoms with Gasteiger partial charge in [0.05, 0.1) is 12.5 Å². The molecule has 1 aliphatic heterocycles. The van der Waals surface area contributed by atoms with E-state index in [4.69, 9.17) is 9.15 Å². The number of nitrogens with one attached hydrogen (secondary N) is 1. The van der Waals surface area contributed by atoms with Crippen LogP contribution in [0.4, 0.5) is 0 Å². The van der Waals surface area contributed by atoms with Crippen molar-refractivity contribution in [3.63, 3.8) is 0 Å². The minimum atomic E-state index is 0.105. The summed E-state index contributed by atoms with van der Waals surface area (Å²) in [5, 5.41) is 8.01. The van der Waals surface area contributed by atoms with Crippen LogP contribution in [0.5, 0.6) is 0 Å². The lowest BCUT2D eigenvalue weighted by Crippen LogP contribution is -2.43. The Kier molecular flexibility index (Phi) is 4.95. The third kappa shape index (κ3) is 3.78. The Morgan fingerprint density at radius 1 is 1.50 bits per heavy atom. The van der Waals surface area contributed by atoms with E-state index >= 15 is 0 Å². The molecular formula is C17H25N3O2. The highest BCUT2D eigenvalue weighted by molar-refractivity contribution is 5.12. The van der Waals surface area contributed by atoms with Crippen molar-refractivity contribution < 1.29 is 9.15 Å². The first-order valence-corrected chi connectivity index (χ1v) is 8.11. The van der Waals surface area contributed by atoms with Crippen LogP contribution in [-0.2, 0) is 18.2 Å². The van der Waals surface area contributed by atoms with E-state index in [0.717, 1.165) is 43.6 Å². The molecule has 1 saturated heterocycles. The Morgan fingerprint density at radius 3 is 3.14 bits per heavy atom. The first kappa shape index (κ1) is 15.3. The number of rotatable bonds is 6. The summed E-state index contributed by atoms with van der Waals surface area (Å²) < 4.78 is 13.2. The summed E-state index contributed by atoms with van der Waals surface area (Å²) in [7, 11) is 1.95. The van der Waals surface area contributed by atoms with Gasteiger partial charge in [0.25, 0.3) is 0 Å². The van der Waals surface area contributed by atoms with Crippen molar-refractivity contribution in [3.05, 3.63) is 42.1 Å². The number of aromatic nitrogens is 2. The minimum absolute atomic E-state index is 0.105. The van der Waals surface area contributed by atoms with Gasteiger partial charge in [-0.25, -0.2) is 0 Å². The molecule has 2 aromatic rings. The van der Waals surface area contributed by atoms with Crippen LogP contribution in [-0.4, -0.2) is 28.5 Å². The van der Waals surface area contributed by atoms with Crippen molar-refractivity contribution in [1.29, 1.82) is 0 Å². The zero-order valence-electron chi connectivity index (χ0n) is 13.4. The molecule has 22 heavy (non-hydrogen) atoms. The maximum absolute atomic E-state index is 6.01. The van der Waals surface area contributed by atoms with Gasteiger partial charge in [0, 0.05) is 43.9 Å². The maximum Gasteiger partial charge on any atom is 0.103 e. The molecule has 1 fully saturated rings. The molecule has 0 aliphatic carbocycles. The Bertz CT molecular complexity index is 564. The highest BCUT2D eigenvalue weighted by atomic mass is 16.5. The molecule has 0 aromatic carbocycles. The van der Waals surface area contributed by atoms with Crippen molar-refractivity contribution >= 4 is 0 Å².